The average molecular weight is 355 g/mol. The van der Waals surface area contributed by atoms with Crippen LogP contribution in [0.3, 0.4) is 0 Å². The summed E-state index contributed by atoms with van der Waals surface area (Å²) < 4.78 is 47.9. The van der Waals surface area contributed by atoms with Crippen LogP contribution in [0.2, 0.25) is 0 Å². The number of aromatic hydroxyl groups is 1. The SMILES string of the molecule is O=C(NCCOc1cc(C(F)(F)F)ccc1O)OCc1ccccc1. The first-order chi connectivity index (χ1) is 11.9. The van der Waals surface area contributed by atoms with Gasteiger partial charge in [0.25, 0.3) is 0 Å². The third-order valence-electron chi connectivity index (χ3n) is 3.13. The molecule has 25 heavy (non-hydrogen) atoms. The molecule has 0 fully saturated rings. The number of alkyl halides is 3. The molecule has 8 heteroatoms. The van der Waals surface area contributed by atoms with E-state index in [0.29, 0.717) is 6.07 Å². The number of nitrogens with one attached hydrogen (secondary N) is 1. The largest absolute Gasteiger partial charge is 0.504 e. The van der Waals surface area contributed by atoms with Crippen molar-refractivity contribution in [2.24, 2.45) is 0 Å². The summed E-state index contributed by atoms with van der Waals surface area (Å²) in [7, 11) is 0. The number of amides is 1. The van der Waals surface area contributed by atoms with Gasteiger partial charge in [-0.25, -0.2) is 4.79 Å². The first-order valence-electron chi connectivity index (χ1n) is 7.34. The molecule has 5 nitrogen and oxygen atoms in total. The van der Waals surface area contributed by atoms with Crippen LogP contribution in [0, 0.1) is 0 Å². The summed E-state index contributed by atoms with van der Waals surface area (Å²) in [6.07, 6.45) is -5.22. The molecule has 0 aliphatic rings. The third kappa shape index (κ3) is 5.91. The van der Waals surface area contributed by atoms with Gasteiger partial charge in [0, 0.05) is 0 Å². The molecule has 0 heterocycles. The van der Waals surface area contributed by atoms with Crippen LogP contribution in [0.1, 0.15) is 11.1 Å². The van der Waals surface area contributed by atoms with E-state index in [4.69, 9.17) is 9.47 Å². The summed E-state index contributed by atoms with van der Waals surface area (Å²) in [6, 6.07) is 11.4. The number of alkyl carbamates (subject to hydrolysis) is 1. The maximum atomic E-state index is 12.6. The number of halogens is 3. The number of carbonyl (C=O) groups is 1. The van der Waals surface area contributed by atoms with Crippen molar-refractivity contribution in [1.29, 1.82) is 0 Å². The van der Waals surface area contributed by atoms with Crippen LogP contribution < -0.4 is 10.1 Å². The van der Waals surface area contributed by atoms with Gasteiger partial charge in [-0.1, -0.05) is 30.3 Å². The van der Waals surface area contributed by atoms with Crippen molar-refractivity contribution in [2.75, 3.05) is 13.2 Å². The molecule has 2 rings (SSSR count). The van der Waals surface area contributed by atoms with Gasteiger partial charge in [-0.2, -0.15) is 13.2 Å². The molecule has 0 aromatic heterocycles. The molecule has 134 valence electrons. The summed E-state index contributed by atoms with van der Waals surface area (Å²) >= 11 is 0. The lowest BCUT2D eigenvalue weighted by molar-refractivity contribution is -0.137. The summed E-state index contributed by atoms with van der Waals surface area (Å²) in [5.74, 6) is -0.728. The number of rotatable bonds is 6. The topological polar surface area (TPSA) is 67.8 Å². The molecule has 0 aliphatic heterocycles. The first kappa shape index (κ1) is 18.4. The maximum absolute atomic E-state index is 12.6. The van der Waals surface area contributed by atoms with Gasteiger partial charge in [0.05, 0.1) is 12.1 Å². The van der Waals surface area contributed by atoms with Gasteiger partial charge in [-0.3, -0.25) is 0 Å². The van der Waals surface area contributed by atoms with Crippen LogP contribution in [0.15, 0.2) is 48.5 Å². The number of hydrogen-bond donors (Lipinski definition) is 2. The molecule has 0 unspecified atom stereocenters. The molecule has 2 N–H and O–H groups in total. The average Bonchev–Trinajstić information content (AvgIpc) is 2.58. The lowest BCUT2D eigenvalue weighted by atomic mass is 10.2. The number of phenols is 1. The number of phenolic OH excluding ortho intramolecular Hbond substituents is 1. The van der Waals surface area contributed by atoms with Gasteiger partial charge in [0.1, 0.15) is 13.2 Å². The third-order valence-corrected chi connectivity index (χ3v) is 3.13. The minimum atomic E-state index is -4.54. The van der Waals surface area contributed by atoms with Crippen LogP contribution in [0.5, 0.6) is 11.5 Å². The molecular weight excluding hydrogens is 339 g/mol. The second-order valence-electron chi connectivity index (χ2n) is 5.02. The summed E-state index contributed by atoms with van der Waals surface area (Å²) in [4.78, 5) is 11.5. The minimum Gasteiger partial charge on any atom is -0.504 e. The Kier molecular flexibility index (Phi) is 6.10. The Balaban J connectivity index is 1.74. The van der Waals surface area contributed by atoms with E-state index in [1.807, 2.05) is 18.2 Å². The molecule has 0 saturated carbocycles. The Morgan fingerprint density at radius 2 is 1.84 bits per heavy atom. The number of carbonyl (C=O) groups excluding carboxylic acids is 1. The van der Waals surface area contributed by atoms with Crippen LogP contribution >= 0.6 is 0 Å². The minimum absolute atomic E-state index is 0.00328. The Labute approximate surface area is 142 Å². The van der Waals surface area contributed by atoms with Crippen LogP contribution in [-0.2, 0) is 17.5 Å². The molecule has 2 aromatic carbocycles. The number of ether oxygens (including phenoxy) is 2. The molecule has 0 spiro atoms. The second-order valence-corrected chi connectivity index (χ2v) is 5.02. The lowest BCUT2D eigenvalue weighted by Crippen LogP contribution is -2.28. The predicted molar refractivity (Wildman–Crippen MR) is 83.2 cm³/mol. The van der Waals surface area contributed by atoms with E-state index in [9.17, 15) is 23.1 Å². The standard InChI is InChI=1S/C17H16F3NO4/c18-17(19,20)13-6-7-14(22)15(10-13)24-9-8-21-16(23)25-11-12-4-2-1-3-5-12/h1-7,10,22H,8-9,11H2,(H,21,23). The molecule has 0 radical (unpaired) electrons. The van der Waals surface area contributed by atoms with E-state index in [2.05, 4.69) is 5.32 Å². The van der Waals surface area contributed by atoms with Crippen molar-refractivity contribution in [3.05, 3.63) is 59.7 Å². The normalized spacial score (nSPS) is 11.0. The van der Waals surface area contributed by atoms with Gasteiger partial charge in [-0.05, 0) is 23.8 Å². The summed E-state index contributed by atoms with van der Waals surface area (Å²) in [5, 5.41) is 11.9. The van der Waals surface area contributed by atoms with Crippen LogP contribution in [-0.4, -0.2) is 24.4 Å². The molecule has 0 atom stereocenters. The highest BCUT2D eigenvalue weighted by Gasteiger charge is 2.31. The quantitative estimate of drug-likeness (QED) is 0.775. The van der Waals surface area contributed by atoms with E-state index < -0.39 is 23.6 Å². The molecule has 0 aliphatic carbocycles. The van der Waals surface area contributed by atoms with Crippen molar-refractivity contribution in [3.8, 4) is 11.5 Å². The molecule has 2 aromatic rings. The molecule has 1 amide bonds. The summed E-state index contributed by atoms with van der Waals surface area (Å²) in [5.41, 5.74) is -0.113. The van der Waals surface area contributed by atoms with E-state index in [0.717, 1.165) is 17.7 Å². The van der Waals surface area contributed by atoms with E-state index in [1.165, 1.54) is 0 Å². The fraction of sp³-hybridized carbons (Fsp3) is 0.235. The first-order valence-corrected chi connectivity index (χ1v) is 7.34. The maximum Gasteiger partial charge on any atom is 0.416 e. The highest BCUT2D eigenvalue weighted by atomic mass is 19.4. The molecule has 0 saturated heterocycles. The van der Waals surface area contributed by atoms with Crippen LogP contribution in [0.25, 0.3) is 0 Å². The zero-order valence-corrected chi connectivity index (χ0v) is 13.0. The fourth-order valence-electron chi connectivity index (χ4n) is 1.89. The Hall–Kier alpha value is -2.90. The Morgan fingerprint density at radius 1 is 1.12 bits per heavy atom. The zero-order valence-electron chi connectivity index (χ0n) is 13.0. The van der Waals surface area contributed by atoms with Crippen molar-refractivity contribution in [3.63, 3.8) is 0 Å². The van der Waals surface area contributed by atoms with Crippen molar-refractivity contribution < 1.29 is 32.5 Å². The van der Waals surface area contributed by atoms with Gasteiger partial charge in [-0.15, -0.1) is 0 Å². The van der Waals surface area contributed by atoms with Gasteiger partial charge >= 0.3 is 12.3 Å². The van der Waals surface area contributed by atoms with Crippen molar-refractivity contribution in [1.82, 2.24) is 5.32 Å². The highest BCUT2D eigenvalue weighted by Crippen LogP contribution is 2.35. The van der Waals surface area contributed by atoms with E-state index in [-0.39, 0.29) is 25.5 Å². The molecule has 0 bridgehead atoms. The molecular formula is C17H16F3NO4. The zero-order chi connectivity index (χ0) is 18.3. The van der Waals surface area contributed by atoms with Crippen molar-refractivity contribution >= 4 is 6.09 Å². The van der Waals surface area contributed by atoms with Crippen LogP contribution in [0.4, 0.5) is 18.0 Å². The Bertz CT molecular complexity index is 705. The predicted octanol–water partition coefficient (Wildman–Crippen LogP) is 3.72. The second kappa shape index (κ2) is 8.27. The number of benzene rings is 2. The Morgan fingerprint density at radius 3 is 2.52 bits per heavy atom. The fourth-order valence-corrected chi connectivity index (χ4v) is 1.89. The van der Waals surface area contributed by atoms with E-state index in [1.54, 1.807) is 12.1 Å². The van der Waals surface area contributed by atoms with Crippen molar-refractivity contribution in [2.45, 2.75) is 12.8 Å². The summed E-state index contributed by atoms with van der Waals surface area (Å²) in [6.45, 7) is -0.0272. The lowest BCUT2D eigenvalue weighted by Gasteiger charge is -2.12. The van der Waals surface area contributed by atoms with Gasteiger partial charge in [0.15, 0.2) is 11.5 Å². The van der Waals surface area contributed by atoms with Gasteiger partial charge in [0.2, 0.25) is 0 Å². The number of hydrogen-bond acceptors (Lipinski definition) is 4. The van der Waals surface area contributed by atoms with E-state index >= 15 is 0 Å². The monoisotopic (exact) mass is 355 g/mol. The van der Waals surface area contributed by atoms with Gasteiger partial charge < -0.3 is 19.9 Å². The smallest absolute Gasteiger partial charge is 0.416 e. The highest BCUT2D eigenvalue weighted by molar-refractivity contribution is 5.67.